The van der Waals surface area contributed by atoms with E-state index in [0.717, 1.165) is 35.0 Å². The molecule has 0 fully saturated rings. The number of aldehydes is 1. The fourth-order valence-electron chi connectivity index (χ4n) is 2.62. The van der Waals surface area contributed by atoms with Crippen LogP contribution >= 0.6 is 0 Å². The Morgan fingerprint density at radius 2 is 1.70 bits per heavy atom. The van der Waals surface area contributed by atoms with Gasteiger partial charge in [0.15, 0.2) is 0 Å². The van der Waals surface area contributed by atoms with Crippen LogP contribution in [-0.2, 0) is 6.42 Å². The number of hydrogen-bond acceptors (Lipinski definition) is 2. The molecule has 0 bridgehead atoms. The number of benzene rings is 2. The quantitative estimate of drug-likeness (QED) is 0.544. The summed E-state index contributed by atoms with van der Waals surface area (Å²) >= 11 is 0. The lowest BCUT2D eigenvalue weighted by molar-refractivity contribution is 0.112. The molecule has 0 spiro atoms. The van der Waals surface area contributed by atoms with Crippen LogP contribution in [-0.4, -0.2) is 11.4 Å². The molecule has 0 saturated carbocycles. The van der Waals surface area contributed by atoms with Gasteiger partial charge in [-0.2, -0.15) is 0 Å². The molecule has 2 heteroatoms. The SMILES string of the molecule is C/C=C\c1cc(C=O)cc(Cc2cccc(O)c2)c1/C=C/CC.CC.CC. The summed E-state index contributed by atoms with van der Waals surface area (Å²) in [6.45, 7) is 12.1. The van der Waals surface area contributed by atoms with Crippen LogP contribution in [0.15, 0.2) is 48.6 Å². The summed E-state index contributed by atoms with van der Waals surface area (Å²) in [5.41, 5.74) is 4.93. The number of hydrogen-bond donors (Lipinski definition) is 1. The fourth-order valence-corrected chi connectivity index (χ4v) is 2.62. The van der Waals surface area contributed by atoms with Crippen molar-refractivity contribution in [3.8, 4) is 5.75 Å². The highest BCUT2D eigenvalue weighted by Gasteiger charge is 2.08. The predicted octanol–water partition coefficient (Wildman–Crippen LogP) is 7.30. The largest absolute Gasteiger partial charge is 0.508 e. The smallest absolute Gasteiger partial charge is 0.150 e. The first-order valence-corrected chi connectivity index (χ1v) is 9.87. The minimum Gasteiger partial charge on any atom is -0.508 e. The number of carbonyl (C=O) groups is 1. The molecule has 0 aliphatic heterocycles. The summed E-state index contributed by atoms with van der Waals surface area (Å²) in [6.07, 6.45) is 10.7. The van der Waals surface area contributed by atoms with Crippen LogP contribution in [0, 0.1) is 0 Å². The van der Waals surface area contributed by atoms with E-state index in [2.05, 4.69) is 19.1 Å². The standard InChI is InChI=1S/C21H22O2.2C2H6/c1-3-5-10-21-18(7-4-2)12-17(15-22)13-19(21)11-16-8-6-9-20(23)14-16;2*1-2/h4-10,12-15,23H,3,11H2,1-2H3;2*1-2H3/b7-4-,10-5+;;. The monoisotopic (exact) mass is 366 g/mol. The van der Waals surface area contributed by atoms with Gasteiger partial charge in [0.25, 0.3) is 0 Å². The molecule has 2 rings (SSSR count). The van der Waals surface area contributed by atoms with Gasteiger partial charge in [0.05, 0.1) is 0 Å². The molecule has 146 valence electrons. The maximum absolute atomic E-state index is 11.3. The molecule has 0 aliphatic rings. The summed E-state index contributed by atoms with van der Waals surface area (Å²) in [4.78, 5) is 11.3. The van der Waals surface area contributed by atoms with E-state index >= 15 is 0 Å². The lowest BCUT2D eigenvalue weighted by Gasteiger charge is -2.12. The van der Waals surface area contributed by atoms with Crippen molar-refractivity contribution in [2.24, 2.45) is 0 Å². The van der Waals surface area contributed by atoms with Crippen LogP contribution in [0.4, 0.5) is 0 Å². The number of phenols is 1. The Morgan fingerprint density at radius 3 is 2.26 bits per heavy atom. The Balaban J connectivity index is 0.00000158. The molecule has 2 aromatic carbocycles. The van der Waals surface area contributed by atoms with Crippen LogP contribution in [0.5, 0.6) is 5.75 Å². The van der Waals surface area contributed by atoms with E-state index in [-0.39, 0.29) is 5.75 Å². The maximum Gasteiger partial charge on any atom is 0.150 e. The molecule has 0 radical (unpaired) electrons. The van der Waals surface area contributed by atoms with E-state index in [4.69, 9.17) is 0 Å². The third kappa shape index (κ3) is 8.08. The minimum atomic E-state index is 0.258. The zero-order chi connectivity index (χ0) is 20.7. The second-order valence-corrected chi connectivity index (χ2v) is 5.46. The Labute approximate surface area is 165 Å². The van der Waals surface area contributed by atoms with E-state index in [0.29, 0.717) is 12.0 Å². The summed E-state index contributed by atoms with van der Waals surface area (Å²) in [6, 6.07) is 11.1. The summed E-state index contributed by atoms with van der Waals surface area (Å²) < 4.78 is 0. The number of carbonyl (C=O) groups excluding carboxylic acids is 1. The van der Waals surface area contributed by atoms with Gasteiger partial charge in [-0.1, -0.05) is 71.1 Å². The number of rotatable bonds is 6. The molecule has 0 saturated heterocycles. The molecular weight excluding hydrogens is 332 g/mol. The molecule has 0 unspecified atom stereocenters. The predicted molar refractivity (Wildman–Crippen MR) is 119 cm³/mol. The van der Waals surface area contributed by atoms with Crippen molar-refractivity contribution in [2.45, 2.75) is 54.4 Å². The Hall–Kier alpha value is -2.61. The summed E-state index contributed by atoms with van der Waals surface area (Å²) in [5.74, 6) is 0.258. The molecule has 0 aromatic heterocycles. The van der Waals surface area contributed by atoms with Crippen LogP contribution in [0.25, 0.3) is 12.2 Å². The van der Waals surface area contributed by atoms with Gasteiger partial charge >= 0.3 is 0 Å². The summed E-state index contributed by atoms with van der Waals surface area (Å²) in [7, 11) is 0. The van der Waals surface area contributed by atoms with Crippen molar-refractivity contribution in [3.63, 3.8) is 0 Å². The van der Waals surface area contributed by atoms with Gasteiger partial charge in [-0.25, -0.2) is 0 Å². The molecule has 0 atom stereocenters. The van der Waals surface area contributed by atoms with Crippen molar-refractivity contribution in [1.82, 2.24) is 0 Å². The summed E-state index contributed by atoms with van der Waals surface area (Å²) in [5, 5.41) is 9.66. The van der Waals surface area contributed by atoms with Crippen LogP contribution in [0.1, 0.15) is 80.6 Å². The zero-order valence-electron chi connectivity index (χ0n) is 17.6. The van der Waals surface area contributed by atoms with Gasteiger partial charge in [-0.05, 0) is 66.3 Å². The van der Waals surface area contributed by atoms with Gasteiger partial charge < -0.3 is 5.11 Å². The second kappa shape index (κ2) is 14.5. The maximum atomic E-state index is 11.3. The van der Waals surface area contributed by atoms with Crippen molar-refractivity contribution < 1.29 is 9.90 Å². The average molecular weight is 367 g/mol. The lowest BCUT2D eigenvalue weighted by Crippen LogP contribution is -1.97. The number of allylic oxidation sites excluding steroid dienone is 2. The van der Waals surface area contributed by atoms with E-state index in [9.17, 15) is 9.90 Å². The van der Waals surface area contributed by atoms with Gasteiger partial charge in [0.2, 0.25) is 0 Å². The van der Waals surface area contributed by atoms with Crippen molar-refractivity contribution >= 4 is 18.4 Å². The van der Waals surface area contributed by atoms with E-state index in [1.54, 1.807) is 12.1 Å². The first kappa shape index (κ1) is 24.4. The molecule has 27 heavy (non-hydrogen) atoms. The third-order valence-corrected chi connectivity index (χ3v) is 3.63. The average Bonchev–Trinajstić information content (AvgIpc) is 2.70. The fraction of sp³-hybridized carbons (Fsp3) is 0.320. The Morgan fingerprint density at radius 1 is 1.00 bits per heavy atom. The normalized spacial score (nSPS) is 10.1. The highest BCUT2D eigenvalue weighted by molar-refractivity contribution is 5.80. The minimum absolute atomic E-state index is 0.258. The van der Waals surface area contributed by atoms with Crippen molar-refractivity contribution in [3.05, 3.63) is 76.4 Å². The molecule has 2 aromatic rings. The topological polar surface area (TPSA) is 37.3 Å². The molecule has 0 amide bonds. The van der Waals surface area contributed by atoms with Crippen molar-refractivity contribution in [1.29, 1.82) is 0 Å². The van der Waals surface area contributed by atoms with E-state index in [1.165, 1.54) is 0 Å². The highest BCUT2D eigenvalue weighted by atomic mass is 16.3. The Kier molecular flexibility index (Phi) is 13.1. The van der Waals surface area contributed by atoms with E-state index < -0.39 is 0 Å². The van der Waals surface area contributed by atoms with Gasteiger partial charge in [-0.3, -0.25) is 4.79 Å². The van der Waals surface area contributed by atoms with Crippen LogP contribution < -0.4 is 0 Å². The second-order valence-electron chi connectivity index (χ2n) is 5.46. The molecule has 0 aliphatic carbocycles. The first-order valence-electron chi connectivity index (χ1n) is 9.87. The van der Waals surface area contributed by atoms with Gasteiger partial charge in [-0.15, -0.1) is 0 Å². The van der Waals surface area contributed by atoms with Gasteiger partial charge in [0, 0.05) is 5.56 Å². The van der Waals surface area contributed by atoms with E-state index in [1.807, 2.05) is 71.0 Å². The highest BCUT2D eigenvalue weighted by Crippen LogP contribution is 2.24. The van der Waals surface area contributed by atoms with Gasteiger partial charge in [0.1, 0.15) is 12.0 Å². The lowest BCUT2D eigenvalue weighted by atomic mass is 9.92. The first-order chi connectivity index (χ1) is 13.2. The third-order valence-electron chi connectivity index (χ3n) is 3.63. The number of phenolic OH excluding ortho intramolecular Hbond substituents is 1. The Bertz CT molecular complexity index is 740. The molecular formula is C25H34O2. The molecule has 2 nitrogen and oxygen atoms in total. The number of aromatic hydroxyl groups is 1. The van der Waals surface area contributed by atoms with Crippen molar-refractivity contribution in [2.75, 3.05) is 0 Å². The van der Waals surface area contributed by atoms with Crippen LogP contribution in [0.3, 0.4) is 0 Å². The van der Waals surface area contributed by atoms with Crippen LogP contribution in [0.2, 0.25) is 0 Å². The molecule has 1 N–H and O–H groups in total. The molecule has 0 heterocycles. The zero-order valence-corrected chi connectivity index (χ0v) is 17.6.